The summed E-state index contributed by atoms with van der Waals surface area (Å²) in [7, 11) is 1.54. The van der Waals surface area contributed by atoms with Gasteiger partial charge in [-0.1, -0.05) is 0 Å². The number of nitrogens with zero attached hydrogens (tertiary/aromatic N) is 1. The Morgan fingerprint density at radius 1 is 1.48 bits per heavy atom. The number of carboxylic acid groups (broad SMARTS) is 1. The summed E-state index contributed by atoms with van der Waals surface area (Å²) in [4.78, 5) is 24.9. The molecule has 0 bridgehead atoms. The highest BCUT2D eigenvalue weighted by Crippen LogP contribution is 2.23. The average molecular weight is 325 g/mol. The Morgan fingerprint density at radius 2 is 2.17 bits per heavy atom. The predicted octanol–water partition coefficient (Wildman–Crippen LogP) is 1.79. The Kier molecular flexibility index (Phi) is 5.01. The van der Waals surface area contributed by atoms with Gasteiger partial charge in [0.2, 0.25) is 0 Å². The molecule has 126 valence electrons. The van der Waals surface area contributed by atoms with Crippen molar-refractivity contribution in [2.75, 3.05) is 26.8 Å². The van der Waals surface area contributed by atoms with Crippen LogP contribution < -0.4 is 0 Å². The van der Waals surface area contributed by atoms with E-state index in [1.165, 1.54) is 17.0 Å². The number of benzene rings is 1. The second kappa shape index (κ2) is 6.64. The molecule has 1 aromatic carbocycles. The maximum absolute atomic E-state index is 14.1. The molecule has 6 nitrogen and oxygen atoms in total. The topological polar surface area (TPSA) is 76.1 Å². The van der Waals surface area contributed by atoms with Crippen LogP contribution in [0.1, 0.15) is 34.6 Å². The number of carbonyl (C=O) groups is 2. The van der Waals surface area contributed by atoms with E-state index >= 15 is 0 Å². The van der Waals surface area contributed by atoms with Crippen LogP contribution in [0.4, 0.5) is 4.39 Å². The van der Waals surface area contributed by atoms with E-state index in [2.05, 4.69) is 0 Å². The van der Waals surface area contributed by atoms with Gasteiger partial charge >= 0.3 is 5.97 Å². The van der Waals surface area contributed by atoms with Crippen LogP contribution in [-0.2, 0) is 9.47 Å². The number of amides is 1. The third kappa shape index (κ3) is 4.05. The lowest BCUT2D eigenvalue weighted by atomic mass is 10.0. The monoisotopic (exact) mass is 325 g/mol. The number of aromatic carboxylic acids is 1. The highest BCUT2D eigenvalue weighted by atomic mass is 19.1. The maximum atomic E-state index is 14.1. The summed E-state index contributed by atoms with van der Waals surface area (Å²) in [5.41, 5.74) is -0.920. The van der Waals surface area contributed by atoms with E-state index in [0.717, 1.165) is 6.07 Å². The summed E-state index contributed by atoms with van der Waals surface area (Å²) in [5.74, 6) is -2.57. The first-order chi connectivity index (χ1) is 10.7. The lowest BCUT2D eigenvalue weighted by Crippen LogP contribution is -2.55. The summed E-state index contributed by atoms with van der Waals surface area (Å²) >= 11 is 0. The molecule has 1 aliphatic heterocycles. The number of hydrogen-bond donors (Lipinski definition) is 1. The fraction of sp³-hybridized carbons (Fsp3) is 0.500. The van der Waals surface area contributed by atoms with E-state index in [-0.39, 0.29) is 23.8 Å². The Bertz CT molecular complexity index is 616. The zero-order chi connectivity index (χ0) is 17.2. The normalized spacial score (nSPS) is 20.3. The minimum atomic E-state index is -1.24. The van der Waals surface area contributed by atoms with Gasteiger partial charge in [-0.2, -0.15) is 0 Å². The molecular weight excluding hydrogens is 305 g/mol. The first-order valence-corrected chi connectivity index (χ1v) is 7.22. The van der Waals surface area contributed by atoms with Gasteiger partial charge in [0.25, 0.3) is 5.91 Å². The van der Waals surface area contributed by atoms with Gasteiger partial charge in [0.1, 0.15) is 5.82 Å². The number of morpholine rings is 1. The van der Waals surface area contributed by atoms with E-state index in [1.807, 2.05) is 13.8 Å². The van der Waals surface area contributed by atoms with Crippen LogP contribution in [0, 0.1) is 5.82 Å². The summed E-state index contributed by atoms with van der Waals surface area (Å²) in [6.07, 6.45) is -0.297. The lowest BCUT2D eigenvalue weighted by Gasteiger charge is -2.42. The van der Waals surface area contributed by atoms with Crippen molar-refractivity contribution in [3.8, 4) is 0 Å². The number of halogens is 1. The molecule has 1 fully saturated rings. The minimum Gasteiger partial charge on any atom is -0.478 e. The summed E-state index contributed by atoms with van der Waals surface area (Å²) in [6, 6.07) is 3.28. The van der Waals surface area contributed by atoms with Crippen molar-refractivity contribution in [3.63, 3.8) is 0 Å². The molecule has 1 heterocycles. The summed E-state index contributed by atoms with van der Waals surface area (Å²) in [6.45, 7) is 4.62. The van der Waals surface area contributed by atoms with Crippen molar-refractivity contribution in [3.05, 3.63) is 35.1 Å². The molecule has 0 spiro atoms. The van der Waals surface area contributed by atoms with Crippen molar-refractivity contribution < 1.29 is 28.6 Å². The molecule has 23 heavy (non-hydrogen) atoms. The number of carbonyl (C=O) groups excluding carboxylic acids is 1. The molecule has 1 unspecified atom stereocenters. The predicted molar refractivity (Wildman–Crippen MR) is 80.1 cm³/mol. The molecule has 0 aliphatic carbocycles. The molecule has 1 saturated heterocycles. The number of rotatable bonds is 4. The second-order valence-corrected chi connectivity index (χ2v) is 6.14. The molecule has 1 aliphatic rings. The lowest BCUT2D eigenvalue weighted by molar-refractivity contribution is -0.143. The van der Waals surface area contributed by atoms with Gasteiger partial charge in [-0.15, -0.1) is 0 Å². The highest BCUT2D eigenvalue weighted by molar-refractivity contribution is 5.96. The van der Waals surface area contributed by atoms with Gasteiger partial charge < -0.3 is 19.5 Å². The number of ether oxygens (including phenoxy) is 2. The molecular formula is C16H20FNO5. The standard InChI is InChI=1S/C16H20FNO5/c1-16(2)9-18(7-11(23-16)8-22-3)14(19)12-5-4-10(15(20)21)6-13(12)17/h4-6,11H,7-9H2,1-3H3,(H,20,21). The first-order valence-electron chi connectivity index (χ1n) is 7.22. The van der Waals surface area contributed by atoms with E-state index in [4.69, 9.17) is 14.6 Å². The SMILES string of the molecule is COCC1CN(C(=O)c2ccc(C(=O)O)cc2F)CC(C)(C)O1. The summed E-state index contributed by atoms with van der Waals surface area (Å²) in [5, 5.41) is 8.86. The van der Waals surface area contributed by atoms with Gasteiger partial charge in [-0.05, 0) is 32.0 Å². The van der Waals surface area contributed by atoms with E-state index in [1.54, 1.807) is 7.11 Å². The quantitative estimate of drug-likeness (QED) is 0.913. The highest BCUT2D eigenvalue weighted by Gasteiger charge is 2.36. The first kappa shape index (κ1) is 17.4. The Labute approximate surface area is 133 Å². The molecule has 1 aromatic rings. The van der Waals surface area contributed by atoms with E-state index in [0.29, 0.717) is 13.2 Å². The van der Waals surface area contributed by atoms with Gasteiger partial charge in [-0.3, -0.25) is 4.79 Å². The fourth-order valence-corrected chi connectivity index (χ4v) is 2.71. The van der Waals surface area contributed by atoms with E-state index in [9.17, 15) is 14.0 Å². The van der Waals surface area contributed by atoms with Gasteiger partial charge in [0.15, 0.2) is 0 Å². The van der Waals surface area contributed by atoms with Crippen LogP contribution >= 0.6 is 0 Å². The Morgan fingerprint density at radius 3 is 2.74 bits per heavy atom. The van der Waals surface area contributed by atoms with Crippen molar-refractivity contribution in [1.29, 1.82) is 0 Å². The zero-order valence-corrected chi connectivity index (χ0v) is 13.3. The average Bonchev–Trinajstić information content (AvgIpc) is 2.45. The van der Waals surface area contributed by atoms with Crippen molar-refractivity contribution in [2.24, 2.45) is 0 Å². The van der Waals surface area contributed by atoms with Gasteiger partial charge in [-0.25, -0.2) is 9.18 Å². The van der Waals surface area contributed by atoms with Crippen molar-refractivity contribution >= 4 is 11.9 Å². The third-order valence-corrected chi connectivity index (χ3v) is 3.57. The Hall–Kier alpha value is -1.99. The van der Waals surface area contributed by atoms with E-state index < -0.39 is 23.3 Å². The van der Waals surface area contributed by atoms with Crippen LogP contribution in [0.15, 0.2) is 18.2 Å². The Balaban J connectivity index is 2.23. The largest absolute Gasteiger partial charge is 0.478 e. The fourth-order valence-electron chi connectivity index (χ4n) is 2.71. The minimum absolute atomic E-state index is 0.149. The third-order valence-electron chi connectivity index (χ3n) is 3.57. The van der Waals surface area contributed by atoms with Gasteiger partial charge in [0.05, 0.1) is 29.4 Å². The molecule has 2 rings (SSSR count). The van der Waals surface area contributed by atoms with Gasteiger partial charge in [0, 0.05) is 20.2 Å². The molecule has 0 aromatic heterocycles. The molecule has 0 saturated carbocycles. The van der Waals surface area contributed by atoms with Crippen LogP contribution in [0.25, 0.3) is 0 Å². The van der Waals surface area contributed by atoms with Crippen LogP contribution in [0.2, 0.25) is 0 Å². The molecule has 0 radical (unpaired) electrons. The van der Waals surface area contributed by atoms with Crippen LogP contribution in [0.5, 0.6) is 0 Å². The molecule has 1 N–H and O–H groups in total. The number of hydrogen-bond acceptors (Lipinski definition) is 4. The van der Waals surface area contributed by atoms with Crippen LogP contribution in [0.3, 0.4) is 0 Å². The maximum Gasteiger partial charge on any atom is 0.335 e. The molecule has 7 heteroatoms. The molecule has 1 amide bonds. The number of methoxy groups -OCH3 is 1. The van der Waals surface area contributed by atoms with Crippen molar-refractivity contribution in [1.82, 2.24) is 4.90 Å². The number of carboxylic acids is 1. The molecule has 1 atom stereocenters. The van der Waals surface area contributed by atoms with Crippen molar-refractivity contribution in [2.45, 2.75) is 25.6 Å². The second-order valence-electron chi connectivity index (χ2n) is 6.14. The van der Waals surface area contributed by atoms with Crippen LogP contribution in [-0.4, -0.2) is 60.4 Å². The zero-order valence-electron chi connectivity index (χ0n) is 13.3. The summed E-state index contributed by atoms with van der Waals surface area (Å²) < 4.78 is 25.0. The smallest absolute Gasteiger partial charge is 0.335 e.